The van der Waals surface area contributed by atoms with Gasteiger partial charge in [-0.15, -0.1) is 0 Å². The van der Waals surface area contributed by atoms with Gasteiger partial charge in [-0.2, -0.15) is 4.31 Å². The monoisotopic (exact) mass is 430 g/mol. The quantitative estimate of drug-likeness (QED) is 0.731. The van der Waals surface area contributed by atoms with Crippen LogP contribution in [0.3, 0.4) is 0 Å². The van der Waals surface area contributed by atoms with E-state index in [2.05, 4.69) is 22.2 Å². The molecule has 30 heavy (non-hydrogen) atoms. The zero-order valence-corrected chi connectivity index (χ0v) is 18.7. The highest BCUT2D eigenvalue weighted by Gasteiger charge is 2.22. The molecule has 1 fully saturated rings. The molecular formula is C22H30N4O3S. The lowest BCUT2D eigenvalue weighted by Gasteiger charge is -2.34. The predicted octanol–water partition coefficient (Wildman–Crippen LogP) is 2.72. The molecule has 1 amide bonds. The molecule has 2 aromatic carbocycles. The van der Waals surface area contributed by atoms with E-state index in [1.165, 1.54) is 16.4 Å². The molecule has 0 spiro atoms. The second kappa shape index (κ2) is 9.59. The Bertz CT molecular complexity index is 964. The van der Waals surface area contributed by atoms with Crippen LogP contribution in [0, 0.1) is 0 Å². The van der Waals surface area contributed by atoms with Crippen molar-refractivity contribution in [3.63, 3.8) is 0 Å². The highest BCUT2D eigenvalue weighted by atomic mass is 32.2. The second-order valence-corrected chi connectivity index (χ2v) is 9.35. The minimum atomic E-state index is -3.61. The van der Waals surface area contributed by atoms with Gasteiger partial charge in [0.2, 0.25) is 10.0 Å². The summed E-state index contributed by atoms with van der Waals surface area (Å²) < 4.78 is 26.8. The van der Waals surface area contributed by atoms with Crippen molar-refractivity contribution in [1.29, 1.82) is 0 Å². The molecular weight excluding hydrogens is 400 g/mol. The maximum atomic E-state index is 12.7. The molecule has 1 heterocycles. The highest BCUT2D eigenvalue weighted by molar-refractivity contribution is 7.89. The lowest BCUT2D eigenvalue weighted by atomic mass is 10.2. The molecule has 3 rings (SSSR count). The molecule has 0 aliphatic carbocycles. The first-order valence-electron chi connectivity index (χ1n) is 10.3. The molecule has 162 valence electrons. The first kappa shape index (κ1) is 22.3. The van der Waals surface area contributed by atoms with Crippen LogP contribution in [0.15, 0.2) is 53.4 Å². The molecule has 0 radical (unpaired) electrons. The normalized spacial score (nSPS) is 15.4. The fraction of sp³-hybridized carbons (Fsp3) is 0.409. The van der Waals surface area contributed by atoms with Crippen LogP contribution in [0.25, 0.3) is 0 Å². The molecule has 0 saturated carbocycles. The number of hydrogen-bond donors (Lipinski definition) is 1. The zero-order valence-electron chi connectivity index (χ0n) is 17.8. The number of rotatable bonds is 7. The first-order chi connectivity index (χ1) is 14.3. The van der Waals surface area contributed by atoms with Gasteiger partial charge >= 0.3 is 0 Å². The van der Waals surface area contributed by atoms with Crippen molar-refractivity contribution in [2.75, 3.05) is 56.5 Å². The maximum absolute atomic E-state index is 12.7. The van der Waals surface area contributed by atoms with Crippen molar-refractivity contribution >= 4 is 27.3 Å². The molecule has 1 N–H and O–H groups in total. The molecule has 8 heteroatoms. The number of likely N-dealkylation sites (N-methyl/N-ethyl adjacent to an activating group) is 1. The Hall–Kier alpha value is -2.42. The van der Waals surface area contributed by atoms with E-state index in [-0.39, 0.29) is 10.8 Å². The van der Waals surface area contributed by atoms with Crippen LogP contribution < -0.4 is 10.2 Å². The Balaban J connectivity index is 1.70. The van der Waals surface area contributed by atoms with Gasteiger partial charge < -0.3 is 15.1 Å². The Morgan fingerprint density at radius 3 is 2.23 bits per heavy atom. The summed E-state index contributed by atoms with van der Waals surface area (Å²) >= 11 is 0. The lowest BCUT2D eigenvalue weighted by molar-refractivity contribution is 0.102. The Kier molecular flexibility index (Phi) is 7.12. The van der Waals surface area contributed by atoms with Crippen LogP contribution in [-0.4, -0.2) is 69.8 Å². The van der Waals surface area contributed by atoms with Crippen molar-refractivity contribution in [3.8, 4) is 0 Å². The lowest BCUT2D eigenvalue weighted by Crippen LogP contribution is -2.44. The number of nitrogens with zero attached hydrogens (tertiary/aromatic N) is 3. The van der Waals surface area contributed by atoms with Crippen molar-refractivity contribution in [2.24, 2.45) is 0 Å². The van der Waals surface area contributed by atoms with Gasteiger partial charge in [0.05, 0.1) is 4.90 Å². The number of amides is 1. The van der Waals surface area contributed by atoms with Crippen molar-refractivity contribution in [3.05, 3.63) is 54.1 Å². The van der Waals surface area contributed by atoms with E-state index >= 15 is 0 Å². The summed E-state index contributed by atoms with van der Waals surface area (Å²) in [7, 11) is -1.48. The smallest absolute Gasteiger partial charge is 0.255 e. The number of carbonyl (C=O) groups is 1. The van der Waals surface area contributed by atoms with Crippen molar-refractivity contribution < 1.29 is 13.2 Å². The Morgan fingerprint density at radius 1 is 1.00 bits per heavy atom. The SMILES string of the molecule is CCN(CC)S(=O)(=O)c1cccc(C(=O)Nc2ccc(N3CCN(C)CC3)cc2)c1. The highest BCUT2D eigenvalue weighted by Crippen LogP contribution is 2.21. The van der Waals surface area contributed by atoms with Gasteiger partial charge in [-0.25, -0.2) is 8.42 Å². The van der Waals surface area contributed by atoms with Crippen LogP contribution in [0.5, 0.6) is 0 Å². The van der Waals surface area contributed by atoms with E-state index in [1.54, 1.807) is 26.0 Å². The molecule has 2 aromatic rings. The number of benzene rings is 2. The summed E-state index contributed by atoms with van der Waals surface area (Å²) in [6.45, 7) is 8.39. The zero-order chi connectivity index (χ0) is 21.7. The van der Waals surface area contributed by atoms with Gasteiger partial charge in [-0.3, -0.25) is 4.79 Å². The van der Waals surface area contributed by atoms with Crippen LogP contribution in [0.4, 0.5) is 11.4 Å². The third-order valence-corrected chi connectivity index (χ3v) is 7.48. The molecule has 0 bridgehead atoms. The van der Waals surface area contributed by atoms with Gasteiger partial charge in [0, 0.05) is 56.2 Å². The Labute approximate surface area is 179 Å². The third-order valence-electron chi connectivity index (χ3n) is 5.43. The number of hydrogen-bond acceptors (Lipinski definition) is 5. The maximum Gasteiger partial charge on any atom is 0.255 e. The molecule has 7 nitrogen and oxygen atoms in total. The van der Waals surface area contributed by atoms with Crippen LogP contribution in [-0.2, 0) is 10.0 Å². The number of anilines is 2. The van der Waals surface area contributed by atoms with Gasteiger partial charge in [-0.1, -0.05) is 19.9 Å². The summed E-state index contributed by atoms with van der Waals surface area (Å²) in [5, 5.41) is 2.86. The van der Waals surface area contributed by atoms with E-state index < -0.39 is 10.0 Å². The molecule has 0 aromatic heterocycles. The van der Waals surface area contributed by atoms with Gasteiger partial charge in [0.15, 0.2) is 0 Å². The molecule has 0 atom stereocenters. The van der Waals surface area contributed by atoms with E-state index in [0.717, 1.165) is 31.9 Å². The number of carbonyl (C=O) groups excluding carboxylic acids is 1. The van der Waals surface area contributed by atoms with Crippen molar-refractivity contribution in [1.82, 2.24) is 9.21 Å². The summed E-state index contributed by atoms with van der Waals surface area (Å²) in [5.74, 6) is -0.334. The predicted molar refractivity (Wildman–Crippen MR) is 121 cm³/mol. The average molecular weight is 431 g/mol. The number of nitrogens with one attached hydrogen (secondary N) is 1. The summed E-state index contributed by atoms with van der Waals surface area (Å²) in [5.41, 5.74) is 2.12. The van der Waals surface area contributed by atoms with E-state index in [1.807, 2.05) is 24.3 Å². The summed E-state index contributed by atoms with van der Waals surface area (Å²) in [4.78, 5) is 17.5. The minimum Gasteiger partial charge on any atom is -0.369 e. The largest absolute Gasteiger partial charge is 0.369 e. The first-order valence-corrected chi connectivity index (χ1v) is 11.7. The minimum absolute atomic E-state index is 0.129. The average Bonchev–Trinajstić information content (AvgIpc) is 2.75. The Morgan fingerprint density at radius 2 is 1.63 bits per heavy atom. The summed E-state index contributed by atoms with van der Waals surface area (Å²) in [6.07, 6.45) is 0. The third kappa shape index (κ3) is 5.00. The molecule has 0 unspecified atom stereocenters. The molecule has 1 aliphatic heterocycles. The van der Waals surface area contributed by atoms with Crippen molar-refractivity contribution in [2.45, 2.75) is 18.7 Å². The summed E-state index contributed by atoms with van der Waals surface area (Å²) in [6, 6.07) is 13.9. The van der Waals surface area contributed by atoms with Crippen LogP contribution >= 0.6 is 0 Å². The topological polar surface area (TPSA) is 73.0 Å². The van der Waals surface area contributed by atoms with Crippen LogP contribution in [0.1, 0.15) is 24.2 Å². The van der Waals surface area contributed by atoms with Gasteiger partial charge in [0.25, 0.3) is 5.91 Å². The molecule has 1 saturated heterocycles. The fourth-order valence-corrected chi connectivity index (χ4v) is 5.04. The van der Waals surface area contributed by atoms with E-state index in [0.29, 0.717) is 24.3 Å². The fourth-order valence-electron chi connectivity index (χ4n) is 3.53. The second-order valence-electron chi connectivity index (χ2n) is 7.41. The number of sulfonamides is 1. The number of piperazine rings is 1. The van der Waals surface area contributed by atoms with Gasteiger partial charge in [0.1, 0.15) is 0 Å². The van der Waals surface area contributed by atoms with E-state index in [9.17, 15) is 13.2 Å². The molecule has 1 aliphatic rings. The standard InChI is InChI=1S/C22H30N4O3S/c1-4-26(5-2)30(28,29)21-8-6-7-18(17-21)22(27)23-19-9-11-20(12-10-19)25-15-13-24(3)14-16-25/h6-12,17H,4-5,13-16H2,1-3H3,(H,23,27). The van der Waals surface area contributed by atoms with E-state index in [4.69, 9.17) is 0 Å². The van der Waals surface area contributed by atoms with Crippen LogP contribution in [0.2, 0.25) is 0 Å². The van der Waals surface area contributed by atoms with Gasteiger partial charge in [-0.05, 0) is 49.5 Å².